The molecule has 2 aromatic rings. The highest BCUT2D eigenvalue weighted by atomic mass is 16.5. The van der Waals surface area contributed by atoms with Gasteiger partial charge >= 0.3 is 0 Å². The van der Waals surface area contributed by atoms with E-state index in [-0.39, 0.29) is 0 Å². The van der Waals surface area contributed by atoms with Gasteiger partial charge in [0.15, 0.2) is 5.82 Å². The lowest BCUT2D eigenvalue weighted by atomic mass is 10.1. The molecule has 1 fully saturated rings. The maximum absolute atomic E-state index is 5.39. The van der Waals surface area contributed by atoms with E-state index in [0.29, 0.717) is 0 Å². The monoisotopic (exact) mass is 258 g/mol. The minimum atomic E-state index is 0.758. The summed E-state index contributed by atoms with van der Waals surface area (Å²) >= 11 is 0. The summed E-state index contributed by atoms with van der Waals surface area (Å²) < 4.78 is 5.39. The maximum Gasteiger partial charge on any atom is 0.181 e. The van der Waals surface area contributed by atoms with Crippen LogP contribution in [0.25, 0.3) is 11.4 Å². The van der Waals surface area contributed by atoms with Gasteiger partial charge in [-0.3, -0.25) is 5.10 Å². The molecule has 0 bridgehead atoms. The number of aromatic amines is 1. The second kappa shape index (κ2) is 5.01. The number of aromatic nitrogens is 3. The van der Waals surface area contributed by atoms with Crippen molar-refractivity contribution in [3.63, 3.8) is 0 Å². The zero-order valence-corrected chi connectivity index (χ0v) is 11.3. The van der Waals surface area contributed by atoms with Crippen molar-refractivity contribution in [1.82, 2.24) is 15.2 Å². The molecule has 0 saturated carbocycles. The van der Waals surface area contributed by atoms with Gasteiger partial charge in [-0.25, -0.2) is 4.98 Å². The lowest BCUT2D eigenvalue weighted by Crippen LogP contribution is -2.36. The topological polar surface area (TPSA) is 54.0 Å². The number of H-pyrrole nitrogens is 1. The third-order valence-electron chi connectivity index (χ3n) is 3.40. The van der Waals surface area contributed by atoms with E-state index in [1.807, 2.05) is 6.92 Å². The summed E-state index contributed by atoms with van der Waals surface area (Å²) in [6.07, 6.45) is 0. The van der Waals surface area contributed by atoms with E-state index in [1.165, 1.54) is 11.3 Å². The summed E-state index contributed by atoms with van der Waals surface area (Å²) in [5.74, 6) is 1.60. The third kappa shape index (κ3) is 2.46. The van der Waals surface area contributed by atoms with Gasteiger partial charge in [-0.2, -0.15) is 5.10 Å². The fraction of sp³-hybridized carbons (Fsp3) is 0.429. The lowest BCUT2D eigenvalue weighted by Gasteiger charge is -2.30. The number of morpholine rings is 1. The summed E-state index contributed by atoms with van der Waals surface area (Å²) in [6.45, 7) is 7.57. The molecule has 0 spiro atoms. The van der Waals surface area contributed by atoms with Crippen molar-refractivity contribution >= 4 is 5.69 Å². The molecule has 0 radical (unpaired) electrons. The fourth-order valence-electron chi connectivity index (χ4n) is 2.43. The van der Waals surface area contributed by atoms with Crippen LogP contribution in [0.2, 0.25) is 0 Å². The molecule has 1 saturated heterocycles. The van der Waals surface area contributed by atoms with Crippen LogP contribution in [0.4, 0.5) is 5.69 Å². The molecule has 1 N–H and O–H groups in total. The molecule has 0 unspecified atom stereocenters. The van der Waals surface area contributed by atoms with Crippen molar-refractivity contribution < 1.29 is 4.74 Å². The normalized spacial score (nSPS) is 15.8. The SMILES string of the molecule is Cc1nc(-c2ccc(N3CCOCC3)c(C)c2)n[nH]1. The van der Waals surface area contributed by atoms with Crippen LogP contribution in [0.3, 0.4) is 0 Å². The Kier molecular flexibility index (Phi) is 3.21. The van der Waals surface area contributed by atoms with Crippen LogP contribution < -0.4 is 4.90 Å². The zero-order valence-electron chi connectivity index (χ0n) is 11.3. The van der Waals surface area contributed by atoms with Crippen molar-refractivity contribution in [2.75, 3.05) is 31.2 Å². The van der Waals surface area contributed by atoms with Crippen molar-refractivity contribution in [2.24, 2.45) is 0 Å². The first-order chi connectivity index (χ1) is 9.24. The van der Waals surface area contributed by atoms with Crippen LogP contribution >= 0.6 is 0 Å². The Morgan fingerprint density at radius 3 is 2.63 bits per heavy atom. The average Bonchev–Trinajstić information content (AvgIpc) is 2.86. The van der Waals surface area contributed by atoms with Crippen LogP contribution in [-0.2, 0) is 4.74 Å². The van der Waals surface area contributed by atoms with Crippen molar-refractivity contribution in [2.45, 2.75) is 13.8 Å². The Hall–Kier alpha value is -1.88. The molecule has 100 valence electrons. The third-order valence-corrected chi connectivity index (χ3v) is 3.40. The first kappa shape index (κ1) is 12.2. The largest absolute Gasteiger partial charge is 0.378 e. The summed E-state index contributed by atoms with van der Waals surface area (Å²) in [4.78, 5) is 6.73. The molecule has 1 aliphatic rings. The van der Waals surface area contributed by atoms with Crippen molar-refractivity contribution in [1.29, 1.82) is 0 Å². The predicted octanol–water partition coefficient (Wildman–Crippen LogP) is 1.93. The average molecular weight is 258 g/mol. The van der Waals surface area contributed by atoms with Crippen LogP contribution in [0.15, 0.2) is 18.2 Å². The molecular weight excluding hydrogens is 240 g/mol. The molecule has 3 rings (SSSR count). The number of ether oxygens (including phenoxy) is 1. The Bertz CT molecular complexity index is 573. The minimum absolute atomic E-state index is 0.758. The van der Waals surface area contributed by atoms with E-state index in [2.05, 4.69) is 45.2 Å². The number of benzene rings is 1. The van der Waals surface area contributed by atoms with Crippen molar-refractivity contribution in [3.8, 4) is 11.4 Å². The first-order valence-corrected chi connectivity index (χ1v) is 6.57. The molecule has 5 nitrogen and oxygen atoms in total. The predicted molar refractivity (Wildman–Crippen MR) is 74.3 cm³/mol. The van der Waals surface area contributed by atoms with Gasteiger partial charge in [-0.15, -0.1) is 0 Å². The van der Waals surface area contributed by atoms with E-state index < -0.39 is 0 Å². The second-order valence-electron chi connectivity index (χ2n) is 4.85. The Morgan fingerprint density at radius 2 is 2.00 bits per heavy atom. The molecule has 1 aromatic heterocycles. The molecule has 5 heteroatoms. The van der Waals surface area contributed by atoms with E-state index in [1.54, 1.807) is 0 Å². The summed E-state index contributed by atoms with van der Waals surface area (Å²) in [7, 11) is 0. The van der Waals surface area contributed by atoms with Gasteiger partial charge in [0.25, 0.3) is 0 Å². The van der Waals surface area contributed by atoms with Crippen LogP contribution in [0, 0.1) is 13.8 Å². The highest BCUT2D eigenvalue weighted by molar-refractivity contribution is 5.64. The van der Waals surface area contributed by atoms with Gasteiger partial charge < -0.3 is 9.64 Å². The molecule has 2 heterocycles. The smallest absolute Gasteiger partial charge is 0.181 e. The van der Waals surface area contributed by atoms with Gasteiger partial charge in [0.1, 0.15) is 5.82 Å². The van der Waals surface area contributed by atoms with Crippen LogP contribution in [0.1, 0.15) is 11.4 Å². The van der Waals surface area contributed by atoms with E-state index in [4.69, 9.17) is 4.74 Å². The van der Waals surface area contributed by atoms with Crippen LogP contribution in [0.5, 0.6) is 0 Å². The number of rotatable bonds is 2. The summed E-state index contributed by atoms with van der Waals surface area (Å²) in [6, 6.07) is 6.38. The number of aryl methyl sites for hydroxylation is 2. The Balaban J connectivity index is 1.89. The van der Waals surface area contributed by atoms with E-state index in [0.717, 1.165) is 43.5 Å². The number of nitrogens with one attached hydrogen (secondary N) is 1. The fourth-order valence-corrected chi connectivity index (χ4v) is 2.43. The molecular formula is C14H18N4O. The van der Waals surface area contributed by atoms with Crippen LogP contribution in [-0.4, -0.2) is 41.5 Å². The highest BCUT2D eigenvalue weighted by Gasteiger charge is 2.14. The number of hydrogen-bond donors (Lipinski definition) is 1. The van der Waals surface area contributed by atoms with E-state index >= 15 is 0 Å². The Labute approximate surface area is 112 Å². The van der Waals surface area contributed by atoms with Gasteiger partial charge in [0.05, 0.1) is 13.2 Å². The van der Waals surface area contributed by atoms with Gasteiger partial charge in [0.2, 0.25) is 0 Å². The Morgan fingerprint density at radius 1 is 1.21 bits per heavy atom. The number of hydrogen-bond acceptors (Lipinski definition) is 4. The summed E-state index contributed by atoms with van der Waals surface area (Å²) in [5.41, 5.74) is 3.58. The first-order valence-electron chi connectivity index (χ1n) is 6.57. The molecule has 0 amide bonds. The lowest BCUT2D eigenvalue weighted by molar-refractivity contribution is 0.122. The second-order valence-corrected chi connectivity index (χ2v) is 4.85. The molecule has 1 aromatic carbocycles. The molecule has 1 aliphatic heterocycles. The molecule has 0 atom stereocenters. The highest BCUT2D eigenvalue weighted by Crippen LogP contribution is 2.25. The van der Waals surface area contributed by atoms with E-state index in [9.17, 15) is 0 Å². The van der Waals surface area contributed by atoms with Gasteiger partial charge in [-0.05, 0) is 37.6 Å². The quantitative estimate of drug-likeness (QED) is 0.894. The zero-order chi connectivity index (χ0) is 13.2. The van der Waals surface area contributed by atoms with Gasteiger partial charge in [-0.1, -0.05) is 0 Å². The number of anilines is 1. The number of nitrogens with zero attached hydrogens (tertiary/aromatic N) is 3. The molecule has 0 aliphatic carbocycles. The van der Waals surface area contributed by atoms with Gasteiger partial charge in [0, 0.05) is 24.3 Å². The maximum atomic E-state index is 5.39. The molecule has 19 heavy (non-hydrogen) atoms. The summed E-state index contributed by atoms with van der Waals surface area (Å²) in [5, 5.41) is 7.08. The minimum Gasteiger partial charge on any atom is -0.378 e. The standard InChI is InChI=1S/C14H18N4O/c1-10-9-12(14-15-11(2)16-17-14)3-4-13(10)18-5-7-19-8-6-18/h3-4,9H,5-8H2,1-2H3,(H,15,16,17). The van der Waals surface area contributed by atoms with Crippen molar-refractivity contribution in [3.05, 3.63) is 29.6 Å².